The van der Waals surface area contributed by atoms with Gasteiger partial charge in [0.15, 0.2) is 0 Å². The monoisotopic (exact) mass is 248 g/mol. The third kappa shape index (κ3) is 2.06. The molecule has 0 amide bonds. The van der Waals surface area contributed by atoms with E-state index in [0.29, 0.717) is 0 Å². The smallest absolute Gasteiger partial charge is 0.0679 e. The van der Waals surface area contributed by atoms with E-state index in [1.807, 2.05) is 28.9 Å². The van der Waals surface area contributed by atoms with E-state index in [9.17, 15) is 0 Å². The van der Waals surface area contributed by atoms with E-state index in [1.165, 1.54) is 16.8 Å². The average molecular weight is 248 g/mol. The molecular weight excluding hydrogens is 232 g/mol. The number of rotatable bonds is 2. The minimum Gasteiger partial charge on any atom is -0.237 e. The summed E-state index contributed by atoms with van der Waals surface area (Å²) in [4.78, 5) is 0. The van der Waals surface area contributed by atoms with Crippen LogP contribution in [0.5, 0.6) is 0 Å². The molecule has 3 aromatic rings. The maximum Gasteiger partial charge on any atom is 0.0679 e. The van der Waals surface area contributed by atoms with Crippen molar-refractivity contribution in [2.24, 2.45) is 0 Å². The van der Waals surface area contributed by atoms with Crippen molar-refractivity contribution in [3.05, 3.63) is 72.1 Å². The standard InChI is InChI=1S/C17H16N2/c1-13-17(15-9-5-3-6-10-15)14(2)19(18-13)16-11-7-4-8-12-16/h3-12H,1-2H3. The first-order valence-corrected chi connectivity index (χ1v) is 6.44. The molecule has 0 saturated heterocycles. The summed E-state index contributed by atoms with van der Waals surface area (Å²) < 4.78 is 2.01. The molecule has 0 unspecified atom stereocenters. The summed E-state index contributed by atoms with van der Waals surface area (Å²) in [5.41, 5.74) is 5.79. The summed E-state index contributed by atoms with van der Waals surface area (Å²) in [6, 6.07) is 20.7. The Balaban J connectivity index is 2.17. The van der Waals surface area contributed by atoms with E-state index in [2.05, 4.69) is 55.3 Å². The molecule has 0 bridgehead atoms. The molecule has 0 N–H and O–H groups in total. The topological polar surface area (TPSA) is 17.8 Å². The van der Waals surface area contributed by atoms with E-state index in [0.717, 1.165) is 11.4 Å². The minimum absolute atomic E-state index is 1.06. The molecule has 0 saturated carbocycles. The molecule has 0 spiro atoms. The van der Waals surface area contributed by atoms with Gasteiger partial charge in [-0.3, -0.25) is 0 Å². The maximum absolute atomic E-state index is 4.67. The third-order valence-electron chi connectivity index (χ3n) is 3.35. The molecule has 0 fully saturated rings. The first-order valence-electron chi connectivity index (χ1n) is 6.44. The first-order chi connectivity index (χ1) is 9.27. The van der Waals surface area contributed by atoms with Crippen molar-refractivity contribution >= 4 is 0 Å². The van der Waals surface area contributed by atoms with Gasteiger partial charge in [-0.05, 0) is 31.5 Å². The van der Waals surface area contributed by atoms with Crippen molar-refractivity contribution in [2.45, 2.75) is 13.8 Å². The molecule has 19 heavy (non-hydrogen) atoms. The summed E-state index contributed by atoms with van der Waals surface area (Å²) in [7, 11) is 0. The fraction of sp³-hybridized carbons (Fsp3) is 0.118. The Morgan fingerprint density at radius 3 is 2.00 bits per heavy atom. The zero-order valence-corrected chi connectivity index (χ0v) is 11.2. The Kier molecular flexibility index (Phi) is 2.92. The van der Waals surface area contributed by atoms with Crippen LogP contribution in [-0.2, 0) is 0 Å². The number of hydrogen-bond acceptors (Lipinski definition) is 1. The quantitative estimate of drug-likeness (QED) is 0.666. The number of nitrogens with zero attached hydrogens (tertiary/aromatic N) is 2. The Bertz CT molecular complexity index is 682. The van der Waals surface area contributed by atoms with Crippen LogP contribution in [0.1, 0.15) is 11.4 Å². The highest BCUT2D eigenvalue weighted by Gasteiger charge is 2.13. The van der Waals surface area contributed by atoms with Crippen molar-refractivity contribution in [3.63, 3.8) is 0 Å². The Morgan fingerprint density at radius 1 is 0.789 bits per heavy atom. The normalized spacial score (nSPS) is 10.6. The van der Waals surface area contributed by atoms with Gasteiger partial charge in [0.25, 0.3) is 0 Å². The van der Waals surface area contributed by atoms with Gasteiger partial charge in [-0.2, -0.15) is 5.10 Å². The van der Waals surface area contributed by atoms with Gasteiger partial charge in [0.1, 0.15) is 0 Å². The Labute approximate surface area is 113 Å². The molecule has 0 radical (unpaired) electrons. The van der Waals surface area contributed by atoms with E-state index < -0.39 is 0 Å². The molecular formula is C17H16N2. The average Bonchev–Trinajstić information content (AvgIpc) is 2.76. The maximum atomic E-state index is 4.67. The molecule has 1 heterocycles. The summed E-state index contributed by atoms with van der Waals surface area (Å²) in [5, 5.41) is 4.67. The van der Waals surface area contributed by atoms with Crippen LogP contribution < -0.4 is 0 Å². The Hall–Kier alpha value is -2.35. The molecule has 0 aliphatic carbocycles. The molecule has 2 heteroatoms. The van der Waals surface area contributed by atoms with Gasteiger partial charge < -0.3 is 0 Å². The first kappa shape index (κ1) is 11.7. The van der Waals surface area contributed by atoms with Crippen LogP contribution in [0.15, 0.2) is 60.7 Å². The number of aryl methyl sites for hydroxylation is 1. The summed E-state index contributed by atoms with van der Waals surface area (Å²) in [5.74, 6) is 0. The van der Waals surface area contributed by atoms with Gasteiger partial charge in [0.2, 0.25) is 0 Å². The second-order valence-electron chi connectivity index (χ2n) is 4.66. The molecule has 0 aliphatic rings. The number of hydrogen-bond donors (Lipinski definition) is 0. The van der Waals surface area contributed by atoms with Gasteiger partial charge >= 0.3 is 0 Å². The predicted molar refractivity (Wildman–Crippen MR) is 78.5 cm³/mol. The molecule has 94 valence electrons. The summed E-state index contributed by atoms with van der Waals surface area (Å²) in [6.07, 6.45) is 0. The predicted octanol–water partition coefficient (Wildman–Crippen LogP) is 4.16. The lowest BCUT2D eigenvalue weighted by molar-refractivity contribution is 0.834. The number of para-hydroxylation sites is 1. The van der Waals surface area contributed by atoms with Crippen LogP contribution >= 0.6 is 0 Å². The number of benzene rings is 2. The fourth-order valence-corrected chi connectivity index (χ4v) is 2.49. The molecule has 2 aromatic carbocycles. The Morgan fingerprint density at radius 2 is 1.37 bits per heavy atom. The van der Waals surface area contributed by atoms with Crippen LogP contribution in [0.4, 0.5) is 0 Å². The molecule has 0 aliphatic heterocycles. The van der Waals surface area contributed by atoms with Crippen LogP contribution in [0.2, 0.25) is 0 Å². The van der Waals surface area contributed by atoms with Crippen LogP contribution in [0.3, 0.4) is 0 Å². The number of aromatic nitrogens is 2. The minimum atomic E-state index is 1.06. The van der Waals surface area contributed by atoms with Crippen LogP contribution in [-0.4, -0.2) is 9.78 Å². The van der Waals surface area contributed by atoms with Crippen molar-refractivity contribution in [1.82, 2.24) is 9.78 Å². The molecule has 1 aromatic heterocycles. The molecule has 3 rings (SSSR count). The SMILES string of the molecule is Cc1nn(-c2ccccc2)c(C)c1-c1ccccc1. The van der Waals surface area contributed by atoms with E-state index in [1.54, 1.807) is 0 Å². The van der Waals surface area contributed by atoms with Crippen molar-refractivity contribution in [2.75, 3.05) is 0 Å². The van der Waals surface area contributed by atoms with Crippen molar-refractivity contribution in [1.29, 1.82) is 0 Å². The highest BCUT2D eigenvalue weighted by molar-refractivity contribution is 5.69. The lowest BCUT2D eigenvalue weighted by Crippen LogP contribution is -1.98. The van der Waals surface area contributed by atoms with Gasteiger partial charge in [0, 0.05) is 11.3 Å². The fourth-order valence-electron chi connectivity index (χ4n) is 2.49. The van der Waals surface area contributed by atoms with Gasteiger partial charge in [-0.15, -0.1) is 0 Å². The zero-order chi connectivity index (χ0) is 13.2. The van der Waals surface area contributed by atoms with Gasteiger partial charge in [-0.25, -0.2) is 4.68 Å². The van der Waals surface area contributed by atoms with E-state index in [4.69, 9.17) is 0 Å². The van der Waals surface area contributed by atoms with Crippen molar-refractivity contribution < 1.29 is 0 Å². The lowest BCUT2D eigenvalue weighted by atomic mass is 10.0. The van der Waals surface area contributed by atoms with Gasteiger partial charge in [-0.1, -0.05) is 48.5 Å². The highest BCUT2D eigenvalue weighted by Crippen LogP contribution is 2.28. The van der Waals surface area contributed by atoms with Crippen LogP contribution in [0, 0.1) is 13.8 Å². The highest BCUT2D eigenvalue weighted by atomic mass is 15.3. The summed E-state index contributed by atoms with van der Waals surface area (Å²) >= 11 is 0. The lowest BCUT2D eigenvalue weighted by Gasteiger charge is -2.05. The second kappa shape index (κ2) is 4.73. The largest absolute Gasteiger partial charge is 0.237 e. The van der Waals surface area contributed by atoms with Crippen molar-refractivity contribution in [3.8, 4) is 16.8 Å². The van der Waals surface area contributed by atoms with Crippen LogP contribution in [0.25, 0.3) is 16.8 Å². The molecule has 0 atom stereocenters. The zero-order valence-electron chi connectivity index (χ0n) is 11.2. The second-order valence-corrected chi connectivity index (χ2v) is 4.66. The van der Waals surface area contributed by atoms with Gasteiger partial charge in [0.05, 0.1) is 11.4 Å². The van der Waals surface area contributed by atoms with E-state index in [-0.39, 0.29) is 0 Å². The third-order valence-corrected chi connectivity index (χ3v) is 3.35. The molecule has 2 nitrogen and oxygen atoms in total. The summed E-state index contributed by atoms with van der Waals surface area (Å²) in [6.45, 7) is 4.18. The van der Waals surface area contributed by atoms with E-state index >= 15 is 0 Å².